The number of primary amides is 1. The first-order chi connectivity index (χ1) is 6.66. The van der Waals surface area contributed by atoms with Gasteiger partial charge in [0.05, 0.1) is 5.92 Å². The van der Waals surface area contributed by atoms with Gasteiger partial charge in [-0.25, -0.2) is 4.79 Å². The van der Waals surface area contributed by atoms with Crippen molar-refractivity contribution >= 4 is 11.9 Å². The van der Waals surface area contributed by atoms with Gasteiger partial charge in [-0.15, -0.1) is 0 Å². The Morgan fingerprint density at radius 3 is 2.93 bits per heavy atom. The molecule has 0 radical (unpaired) electrons. The maximum atomic E-state index is 10.9. The lowest BCUT2D eigenvalue weighted by Crippen LogP contribution is -2.35. The Morgan fingerprint density at radius 1 is 1.43 bits per heavy atom. The van der Waals surface area contributed by atoms with Crippen molar-refractivity contribution in [2.45, 2.75) is 12.5 Å². The van der Waals surface area contributed by atoms with E-state index in [4.69, 9.17) is 10.5 Å². The Labute approximate surface area is 81.4 Å². The summed E-state index contributed by atoms with van der Waals surface area (Å²) in [5, 5.41) is 0. The Bertz CT molecular complexity index is 332. The minimum atomic E-state index is -0.329. The molecule has 0 aromatic rings. The highest BCUT2D eigenvalue weighted by Crippen LogP contribution is 2.29. The van der Waals surface area contributed by atoms with Crippen molar-refractivity contribution in [1.82, 2.24) is 0 Å². The Hall–Kier alpha value is -1.58. The summed E-state index contributed by atoms with van der Waals surface area (Å²) in [7, 11) is 0. The molecule has 1 aliphatic carbocycles. The predicted molar refractivity (Wildman–Crippen MR) is 49.0 cm³/mol. The minimum absolute atomic E-state index is 0.0928. The van der Waals surface area contributed by atoms with Crippen LogP contribution in [0.25, 0.3) is 0 Å². The molecule has 2 N–H and O–H groups in total. The van der Waals surface area contributed by atoms with Crippen LogP contribution < -0.4 is 5.73 Å². The SMILES string of the molecule is NC(=O)[C@@H]1C=C[C@H]2OC(=O)C=C[C@H]2C1. The fourth-order valence-electron chi connectivity index (χ4n) is 1.79. The van der Waals surface area contributed by atoms with E-state index in [-0.39, 0.29) is 29.8 Å². The van der Waals surface area contributed by atoms with E-state index in [1.54, 1.807) is 18.2 Å². The van der Waals surface area contributed by atoms with Crippen molar-refractivity contribution in [3.63, 3.8) is 0 Å². The van der Waals surface area contributed by atoms with Gasteiger partial charge in [0.2, 0.25) is 5.91 Å². The summed E-state index contributed by atoms with van der Waals surface area (Å²) >= 11 is 0. The third-order valence-corrected chi connectivity index (χ3v) is 2.58. The number of fused-ring (bicyclic) bond motifs is 1. The van der Waals surface area contributed by atoms with Crippen molar-refractivity contribution in [3.8, 4) is 0 Å². The van der Waals surface area contributed by atoms with Crippen LogP contribution in [0.4, 0.5) is 0 Å². The van der Waals surface area contributed by atoms with Crippen molar-refractivity contribution in [2.24, 2.45) is 17.6 Å². The summed E-state index contributed by atoms with van der Waals surface area (Å²) in [5.41, 5.74) is 5.19. The van der Waals surface area contributed by atoms with Crippen LogP contribution in [0, 0.1) is 11.8 Å². The number of nitrogens with two attached hydrogens (primary N) is 1. The maximum Gasteiger partial charge on any atom is 0.331 e. The zero-order chi connectivity index (χ0) is 10.1. The third-order valence-electron chi connectivity index (χ3n) is 2.58. The quantitative estimate of drug-likeness (QED) is 0.476. The van der Waals surface area contributed by atoms with Gasteiger partial charge in [0.25, 0.3) is 0 Å². The predicted octanol–water partition coefficient (Wildman–Crippen LogP) is 0.146. The van der Waals surface area contributed by atoms with Gasteiger partial charge in [0, 0.05) is 12.0 Å². The highest BCUT2D eigenvalue weighted by molar-refractivity contribution is 5.83. The van der Waals surface area contributed by atoms with Gasteiger partial charge in [0.15, 0.2) is 0 Å². The number of amides is 1. The monoisotopic (exact) mass is 193 g/mol. The second-order valence-corrected chi connectivity index (χ2v) is 3.55. The topological polar surface area (TPSA) is 69.4 Å². The van der Waals surface area contributed by atoms with E-state index in [2.05, 4.69) is 0 Å². The van der Waals surface area contributed by atoms with E-state index in [0.29, 0.717) is 6.42 Å². The van der Waals surface area contributed by atoms with E-state index in [0.717, 1.165) is 0 Å². The fourth-order valence-corrected chi connectivity index (χ4v) is 1.79. The lowest BCUT2D eigenvalue weighted by molar-refractivity contribution is -0.144. The zero-order valence-electron chi connectivity index (χ0n) is 7.55. The number of ether oxygens (including phenoxy) is 1. The second kappa shape index (κ2) is 3.29. The first kappa shape index (κ1) is 8.99. The van der Waals surface area contributed by atoms with Crippen LogP contribution in [0.15, 0.2) is 24.3 Å². The smallest absolute Gasteiger partial charge is 0.331 e. The van der Waals surface area contributed by atoms with Gasteiger partial charge in [-0.2, -0.15) is 0 Å². The maximum absolute atomic E-state index is 10.9. The molecule has 3 atom stereocenters. The number of rotatable bonds is 1. The molecule has 14 heavy (non-hydrogen) atoms. The van der Waals surface area contributed by atoms with E-state index in [9.17, 15) is 9.59 Å². The van der Waals surface area contributed by atoms with Crippen LogP contribution >= 0.6 is 0 Å². The molecule has 4 nitrogen and oxygen atoms in total. The number of esters is 1. The molecule has 0 unspecified atom stereocenters. The Morgan fingerprint density at radius 2 is 2.21 bits per heavy atom. The van der Waals surface area contributed by atoms with Gasteiger partial charge in [-0.3, -0.25) is 4.79 Å². The zero-order valence-corrected chi connectivity index (χ0v) is 7.55. The standard InChI is InChI=1S/C10H11NO3/c11-10(13)7-1-3-8-6(5-7)2-4-9(12)14-8/h1-4,6-8H,5H2,(H2,11,13)/t6-,7+,8+/m0/s1. The molecule has 74 valence electrons. The Kier molecular flexibility index (Phi) is 2.11. The molecule has 4 heteroatoms. The number of carbonyl (C=O) groups is 2. The molecule has 0 spiro atoms. The normalized spacial score (nSPS) is 34.9. The molecular formula is C10H11NO3. The van der Waals surface area contributed by atoms with E-state index in [1.165, 1.54) is 6.08 Å². The van der Waals surface area contributed by atoms with Crippen LogP contribution in [-0.4, -0.2) is 18.0 Å². The molecule has 0 bridgehead atoms. The van der Waals surface area contributed by atoms with Gasteiger partial charge >= 0.3 is 5.97 Å². The first-order valence-corrected chi connectivity index (χ1v) is 4.53. The molecule has 2 aliphatic rings. The number of hydrogen-bond acceptors (Lipinski definition) is 3. The van der Waals surface area contributed by atoms with Crippen molar-refractivity contribution < 1.29 is 14.3 Å². The first-order valence-electron chi connectivity index (χ1n) is 4.53. The Balaban J connectivity index is 2.16. The molecule has 0 aromatic carbocycles. The van der Waals surface area contributed by atoms with Gasteiger partial charge < -0.3 is 10.5 Å². The van der Waals surface area contributed by atoms with Gasteiger partial charge in [-0.05, 0) is 12.5 Å². The minimum Gasteiger partial charge on any atom is -0.454 e. The highest BCUT2D eigenvalue weighted by Gasteiger charge is 2.31. The molecule has 0 fully saturated rings. The average Bonchev–Trinajstić information content (AvgIpc) is 2.16. The summed E-state index contributed by atoms with van der Waals surface area (Å²) in [4.78, 5) is 21.8. The molecule has 0 saturated heterocycles. The third kappa shape index (κ3) is 1.55. The van der Waals surface area contributed by atoms with Crippen LogP contribution in [0.3, 0.4) is 0 Å². The molecule has 1 amide bonds. The summed E-state index contributed by atoms with van der Waals surface area (Å²) in [6.07, 6.45) is 7.05. The van der Waals surface area contributed by atoms with Crippen LogP contribution in [0.1, 0.15) is 6.42 Å². The molecule has 1 aliphatic heterocycles. The molecule has 0 saturated carbocycles. The lowest BCUT2D eigenvalue weighted by Gasteiger charge is -2.30. The van der Waals surface area contributed by atoms with Gasteiger partial charge in [-0.1, -0.05) is 12.2 Å². The van der Waals surface area contributed by atoms with E-state index < -0.39 is 0 Å². The van der Waals surface area contributed by atoms with E-state index >= 15 is 0 Å². The fraction of sp³-hybridized carbons (Fsp3) is 0.400. The molecule has 1 heterocycles. The van der Waals surface area contributed by atoms with E-state index in [1.807, 2.05) is 0 Å². The van der Waals surface area contributed by atoms with Crippen molar-refractivity contribution in [3.05, 3.63) is 24.3 Å². The molecule has 2 rings (SSSR count). The van der Waals surface area contributed by atoms with Crippen molar-refractivity contribution in [1.29, 1.82) is 0 Å². The molecule has 0 aromatic heterocycles. The largest absolute Gasteiger partial charge is 0.454 e. The summed E-state index contributed by atoms with van der Waals surface area (Å²) in [6.45, 7) is 0. The highest BCUT2D eigenvalue weighted by atomic mass is 16.5. The average molecular weight is 193 g/mol. The van der Waals surface area contributed by atoms with Gasteiger partial charge in [0.1, 0.15) is 6.10 Å². The summed E-state index contributed by atoms with van der Waals surface area (Å²) < 4.78 is 5.05. The van der Waals surface area contributed by atoms with Crippen LogP contribution in [0.5, 0.6) is 0 Å². The number of carbonyl (C=O) groups excluding carboxylic acids is 2. The van der Waals surface area contributed by atoms with Crippen LogP contribution in [-0.2, 0) is 14.3 Å². The van der Waals surface area contributed by atoms with Crippen molar-refractivity contribution in [2.75, 3.05) is 0 Å². The lowest BCUT2D eigenvalue weighted by atomic mass is 9.83. The number of hydrogen-bond donors (Lipinski definition) is 1. The van der Waals surface area contributed by atoms with Crippen LogP contribution in [0.2, 0.25) is 0 Å². The summed E-state index contributed by atoms with van der Waals surface area (Å²) in [6, 6.07) is 0. The molecular weight excluding hydrogens is 182 g/mol. The second-order valence-electron chi connectivity index (χ2n) is 3.55. The summed E-state index contributed by atoms with van der Waals surface area (Å²) in [5.74, 6) is -0.800.